The Morgan fingerprint density at radius 1 is 1.11 bits per heavy atom. The Morgan fingerprint density at radius 2 is 1.94 bits per heavy atom. The number of nitrogens with one attached hydrogen (secondary N) is 2. The van der Waals surface area contributed by atoms with E-state index in [0.717, 1.165) is 23.3 Å². The average Bonchev–Trinajstić information content (AvgIpc) is 2.87. The smallest absolute Gasteiger partial charge is 0.118 e. The van der Waals surface area contributed by atoms with E-state index >= 15 is 0 Å². The van der Waals surface area contributed by atoms with Crippen molar-refractivity contribution in [1.29, 1.82) is 0 Å². The summed E-state index contributed by atoms with van der Waals surface area (Å²) in [4.78, 5) is 0. The zero-order chi connectivity index (χ0) is 12.4. The van der Waals surface area contributed by atoms with Crippen molar-refractivity contribution < 1.29 is 0 Å². The quantitative estimate of drug-likeness (QED) is 0.737. The summed E-state index contributed by atoms with van der Waals surface area (Å²) in [6.45, 7) is 2.84. The number of nitrogens with zero attached hydrogens (tertiary/aromatic N) is 2. The Kier molecular flexibility index (Phi) is 2.68. The van der Waals surface area contributed by atoms with Crippen molar-refractivity contribution in [1.82, 2.24) is 15.4 Å². The number of fused-ring (bicyclic) bond motifs is 1. The van der Waals surface area contributed by atoms with Gasteiger partial charge in [-0.3, -0.25) is 5.10 Å². The lowest BCUT2D eigenvalue weighted by molar-refractivity contribution is 0.956. The second kappa shape index (κ2) is 4.49. The maximum Gasteiger partial charge on any atom is 0.118 e. The zero-order valence-electron chi connectivity index (χ0n) is 10.1. The molecule has 0 amide bonds. The molecule has 1 aromatic heterocycles. The molecule has 2 aromatic carbocycles. The van der Waals surface area contributed by atoms with Crippen LogP contribution in [0, 0.1) is 6.92 Å². The van der Waals surface area contributed by atoms with E-state index < -0.39 is 0 Å². The molecule has 3 aromatic rings. The van der Waals surface area contributed by atoms with Gasteiger partial charge < -0.3 is 5.32 Å². The fourth-order valence-electron chi connectivity index (χ4n) is 2.04. The number of hydrogen-bond acceptors (Lipinski definition) is 3. The number of aromatic amines is 1. The third-order valence-electron chi connectivity index (χ3n) is 3.08. The number of aromatic nitrogens is 3. The van der Waals surface area contributed by atoms with Crippen molar-refractivity contribution in [3.63, 3.8) is 0 Å². The lowest BCUT2D eigenvalue weighted by atomic mass is 10.1. The van der Waals surface area contributed by atoms with Crippen molar-refractivity contribution >= 4 is 16.7 Å². The number of rotatable bonds is 3. The fourth-order valence-corrected chi connectivity index (χ4v) is 2.04. The normalized spacial score (nSPS) is 10.7. The average molecular weight is 238 g/mol. The van der Waals surface area contributed by atoms with Gasteiger partial charge in [-0.1, -0.05) is 29.5 Å². The van der Waals surface area contributed by atoms with Crippen LogP contribution < -0.4 is 5.32 Å². The summed E-state index contributed by atoms with van der Waals surface area (Å²) in [5, 5.41) is 14.3. The molecule has 0 bridgehead atoms. The van der Waals surface area contributed by atoms with Gasteiger partial charge in [0.15, 0.2) is 0 Å². The monoisotopic (exact) mass is 238 g/mol. The Balaban J connectivity index is 1.90. The predicted octanol–water partition coefficient (Wildman–Crippen LogP) is 2.88. The minimum Gasteiger partial charge on any atom is -0.381 e. The summed E-state index contributed by atoms with van der Waals surface area (Å²) < 4.78 is 0. The van der Waals surface area contributed by atoms with E-state index in [9.17, 15) is 0 Å². The Bertz CT molecular complexity index is 658. The fraction of sp³-hybridized carbons (Fsp3) is 0.143. The van der Waals surface area contributed by atoms with E-state index in [-0.39, 0.29) is 0 Å². The standard InChI is InChI=1S/C14H14N4/c1-10-7-8-13-14(17-18-16-13)12(10)9-15-11-5-3-2-4-6-11/h2-8,15H,9H2,1H3,(H,16,17,18). The molecular weight excluding hydrogens is 224 g/mol. The van der Waals surface area contributed by atoms with Crippen LogP contribution >= 0.6 is 0 Å². The highest BCUT2D eigenvalue weighted by Crippen LogP contribution is 2.19. The minimum absolute atomic E-state index is 0.750. The molecule has 90 valence electrons. The Hall–Kier alpha value is -2.36. The molecule has 0 saturated heterocycles. The van der Waals surface area contributed by atoms with Gasteiger partial charge in [0.2, 0.25) is 0 Å². The van der Waals surface area contributed by atoms with Gasteiger partial charge in [0.05, 0.1) is 5.52 Å². The van der Waals surface area contributed by atoms with E-state index in [1.54, 1.807) is 0 Å². The second-order valence-electron chi connectivity index (χ2n) is 4.29. The number of H-pyrrole nitrogens is 1. The van der Waals surface area contributed by atoms with Crippen LogP contribution in [-0.4, -0.2) is 15.4 Å². The molecule has 1 heterocycles. The first-order valence-electron chi connectivity index (χ1n) is 5.93. The van der Waals surface area contributed by atoms with E-state index in [1.165, 1.54) is 11.1 Å². The van der Waals surface area contributed by atoms with Crippen LogP contribution in [-0.2, 0) is 6.54 Å². The molecule has 0 aliphatic carbocycles. The van der Waals surface area contributed by atoms with Gasteiger partial charge in [-0.05, 0) is 30.7 Å². The molecular formula is C14H14N4. The van der Waals surface area contributed by atoms with E-state index in [0.29, 0.717) is 0 Å². The third-order valence-corrected chi connectivity index (χ3v) is 3.08. The van der Waals surface area contributed by atoms with Crippen LogP contribution in [0.2, 0.25) is 0 Å². The van der Waals surface area contributed by atoms with Gasteiger partial charge in [-0.15, -0.1) is 5.10 Å². The number of anilines is 1. The summed E-state index contributed by atoms with van der Waals surface area (Å²) in [7, 11) is 0. The zero-order valence-corrected chi connectivity index (χ0v) is 10.1. The molecule has 0 fully saturated rings. The first kappa shape index (κ1) is 10.8. The van der Waals surface area contributed by atoms with E-state index in [4.69, 9.17) is 0 Å². The summed E-state index contributed by atoms with van der Waals surface area (Å²) >= 11 is 0. The van der Waals surface area contributed by atoms with Gasteiger partial charge >= 0.3 is 0 Å². The maximum absolute atomic E-state index is 4.15. The van der Waals surface area contributed by atoms with Crippen molar-refractivity contribution in [3.8, 4) is 0 Å². The number of aryl methyl sites for hydroxylation is 1. The first-order chi connectivity index (χ1) is 8.84. The number of hydrogen-bond donors (Lipinski definition) is 2. The minimum atomic E-state index is 0.750. The molecule has 0 radical (unpaired) electrons. The molecule has 0 aliphatic heterocycles. The molecule has 0 aliphatic rings. The Labute approximate surface area is 105 Å². The lowest BCUT2D eigenvalue weighted by Crippen LogP contribution is -2.02. The van der Waals surface area contributed by atoms with Crippen LogP contribution in [0.1, 0.15) is 11.1 Å². The molecule has 2 N–H and O–H groups in total. The molecule has 4 heteroatoms. The van der Waals surface area contributed by atoms with Crippen LogP contribution in [0.15, 0.2) is 42.5 Å². The van der Waals surface area contributed by atoms with Crippen LogP contribution in [0.4, 0.5) is 5.69 Å². The first-order valence-corrected chi connectivity index (χ1v) is 5.93. The van der Waals surface area contributed by atoms with Gasteiger partial charge in [0.25, 0.3) is 0 Å². The molecule has 0 atom stereocenters. The summed E-state index contributed by atoms with van der Waals surface area (Å²) in [6, 6.07) is 14.3. The summed E-state index contributed by atoms with van der Waals surface area (Å²) in [6.07, 6.45) is 0. The highest BCUT2D eigenvalue weighted by atomic mass is 15.3. The highest BCUT2D eigenvalue weighted by Gasteiger charge is 2.07. The number of para-hydroxylation sites is 1. The summed E-state index contributed by atoms with van der Waals surface area (Å²) in [5.74, 6) is 0. The Morgan fingerprint density at radius 3 is 2.78 bits per heavy atom. The van der Waals surface area contributed by atoms with Crippen molar-refractivity contribution in [3.05, 3.63) is 53.6 Å². The lowest BCUT2D eigenvalue weighted by Gasteiger charge is -2.09. The van der Waals surface area contributed by atoms with E-state index in [1.807, 2.05) is 24.3 Å². The molecule has 0 spiro atoms. The van der Waals surface area contributed by atoms with Gasteiger partial charge in [0.1, 0.15) is 5.52 Å². The predicted molar refractivity (Wildman–Crippen MR) is 72.4 cm³/mol. The van der Waals surface area contributed by atoms with Crippen LogP contribution in [0.3, 0.4) is 0 Å². The van der Waals surface area contributed by atoms with Crippen LogP contribution in [0.5, 0.6) is 0 Å². The molecule has 18 heavy (non-hydrogen) atoms. The summed E-state index contributed by atoms with van der Waals surface area (Å²) in [5.41, 5.74) is 5.44. The molecule has 0 unspecified atom stereocenters. The van der Waals surface area contributed by atoms with Gasteiger partial charge in [0, 0.05) is 17.8 Å². The topological polar surface area (TPSA) is 53.6 Å². The van der Waals surface area contributed by atoms with Gasteiger partial charge in [-0.2, -0.15) is 0 Å². The highest BCUT2D eigenvalue weighted by molar-refractivity contribution is 5.79. The largest absolute Gasteiger partial charge is 0.381 e. The van der Waals surface area contributed by atoms with Crippen molar-refractivity contribution in [2.75, 3.05) is 5.32 Å². The van der Waals surface area contributed by atoms with Crippen LogP contribution in [0.25, 0.3) is 11.0 Å². The third kappa shape index (κ3) is 1.93. The SMILES string of the molecule is Cc1ccc2[nH]nnc2c1CNc1ccccc1. The molecule has 4 nitrogen and oxygen atoms in total. The van der Waals surface area contributed by atoms with Crippen molar-refractivity contribution in [2.24, 2.45) is 0 Å². The van der Waals surface area contributed by atoms with Crippen molar-refractivity contribution in [2.45, 2.75) is 13.5 Å². The molecule has 3 rings (SSSR count). The maximum atomic E-state index is 4.15. The second-order valence-corrected chi connectivity index (χ2v) is 4.29. The van der Waals surface area contributed by atoms with Gasteiger partial charge in [-0.25, -0.2) is 0 Å². The number of benzene rings is 2. The van der Waals surface area contributed by atoms with E-state index in [2.05, 4.69) is 45.9 Å². The molecule has 0 saturated carbocycles.